The van der Waals surface area contributed by atoms with Crippen molar-refractivity contribution in [2.45, 2.75) is 63.2 Å². The molecule has 5 atom stereocenters. The minimum absolute atomic E-state index is 0.0340. The Kier molecular flexibility index (Phi) is 14.9. The number of hydrogen-bond donors (Lipinski definition) is 11. The van der Waals surface area contributed by atoms with E-state index in [0.29, 0.717) is 56.1 Å². The van der Waals surface area contributed by atoms with Crippen molar-refractivity contribution in [2.24, 2.45) is 45.1 Å². The standard InChI is InChI=1S/C22H23N5O2.C17H19N5O2.C16H19N7O/c23-11-15(13-29-12-14-6-2-1-3-7-14)27-19-9-5-4-8-16(19)17-10-18(21(25)28)20(24)26-22(17)27;18-8-5-13(14(23)6-8)22-12-4-2-1-3-9(12)10-7-11(16(20)24)15(19)21-17(10)22;1-8(21-16(19)20)7-23-12-5-3-2-4-9(12)10-6-11(14(18)24)13(17)22-15(10)23/h1-10,15H,11-13,23H2,(H2,24,26)(H2,25,28);1-4,7-8,13-14,23H,5-6,18H2,(H2,19,21)(H2,20,24);2-6,8H,7H2,1H3,(H2,17,22)(H2,18,24)(H4,19,20,21)/t;;8-/m..0/s1. The van der Waals surface area contributed by atoms with Gasteiger partial charge in [0.05, 0.1) is 70.7 Å². The van der Waals surface area contributed by atoms with E-state index in [9.17, 15) is 19.5 Å². The number of aromatic nitrogens is 6. The van der Waals surface area contributed by atoms with Crippen molar-refractivity contribution >= 4 is 107 Å². The second-order valence-corrected chi connectivity index (χ2v) is 19.0. The first-order valence-corrected chi connectivity index (χ1v) is 24.7. The lowest BCUT2D eigenvalue weighted by molar-refractivity contribution is 0.0941. The third-order valence-corrected chi connectivity index (χ3v) is 13.7. The summed E-state index contributed by atoms with van der Waals surface area (Å²) in [6.45, 7) is 3.70. The lowest BCUT2D eigenvalue weighted by atomic mass is 10.1. The highest BCUT2D eigenvalue weighted by atomic mass is 16.5. The Bertz CT molecular complexity index is 3900. The number of hydrogen-bond acceptors (Lipinski definition) is 14. The number of nitrogens with zero attached hydrogens (tertiary/aromatic N) is 7. The van der Waals surface area contributed by atoms with E-state index in [-0.39, 0.29) is 64.3 Å². The maximum atomic E-state index is 11.7. The number of fused-ring (bicyclic) bond motifs is 9. The highest BCUT2D eigenvalue weighted by molar-refractivity contribution is 6.13. The van der Waals surface area contributed by atoms with Crippen LogP contribution in [0, 0.1) is 0 Å². The van der Waals surface area contributed by atoms with Gasteiger partial charge in [0.15, 0.2) is 5.96 Å². The zero-order chi connectivity index (χ0) is 54.8. The number of aliphatic hydroxyl groups excluding tert-OH is 1. The summed E-state index contributed by atoms with van der Waals surface area (Å²) in [5, 5.41) is 15.7. The van der Waals surface area contributed by atoms with Gasteiger partial charge in [0.25, 0.3) is 17.7 Å². The van der Waals surface area contributed by atoms with Gasteiger partial charge in [-0.1, -0.05) is 84.9 Å². The molecule has 21 N–H and O–H groups in total. The first-order chi connectivity index (χ1) is 36.9. The molecule has 1 fully saturated rings. The molecule has 1 saturated carbocycles. The predicted octanol–water partition coefficient (Wildman–Crippen LogP) is 4.01. The zero-order valence-corrected chi connectivity index (χ0v) is 42.2. The fourth-order valence-corrected chi connectivity index (χ4v) is 10.3. The van der Waals surface area contributed by atoms with Crippen LogP contribution in [-0.2, 0) is 17.9 Å². The molecule has 1 aliphatic carbocycles. The SMILES string of the molecule is C[C@@H](Cn1c2ccccc2c2cc(C(N)=O)c(N)nc21)N=C(N)N.NC(=O)c1cc2c3ccccc3n(C3CC(N)CC3O)c2nc1N.NCC(COCc1ccccc1)n1c2ccccc2c2cc(C(N)=O)c(N)nc21. The summed E-state index contributed by atoms with van der Waals surface area (Å²) in [4.78, 5) is 52.4. The summed E-state index contributed by atoms with van der Waals surface area (Å²) in [6.07, 6.45) is 0.666. The molecule has 22 nitrogen and oxygen atoms in total. The number of para-hydroxylation sites is 3. The molecule has 0 bridgehead atoms. The molecule has 10 aromatic rings. The van der Waals surface area contributed by atoms with Crippen molar-refractivity contribution in [1.29, 1.82) is 0 Å². The minimum Gasteiger partial charge on any atom is -0.391 e. The normalized spacial score (nSPS) is 16.0. The van der Waals surface area contributed by atoms with E-state index in [0.717, 1.165) is 54.4 Å². The highest BCUT2D eigenvalue weighted by Gasteiger charge is 2.35. The van der Waals surface area contributed by atoms with Crippen molar-refractivity contribution < 1.29 is 24.2 Å². The van der Waals surface area contributed by atoms with Gasteiger partial charge in [-0.3, -0.25) is 14.4 Å². The van der Waals surface area contributed by atoms with Crippen molar-refractivity contribution in [2.75, 3.05) is 30.4 Å². The molecule has 0 saturated heterocycles. The summed E-state index contributed by atoms with van der Waals surface area (Å²) < 4.78 is 12.0. The van der Waals surface area contributed by atoms with Gasteiger partial charge in [-0.25, -0.2) is 19.9 Å². The van der Waals surface area contributed by atoms with Crippen LogP contribution in [0.2, 0.25) is 0 Å². The summed E-state index contributed by atoms with van der Waals surface area (Å²) in [5.74, 6) is -1.48. The summed E-state index contributed by atoms with van der Waals surface area (Å²) in [6, 6.07) is 38.0. The zero-order valence-electron chi connectivity index (χ0n) is 42.2. The van der Waals surface area contributed by atoms with Crippen molar-refractivity contribution in [3.8, 4) is 0 Å². The Morgan fingerprint density at radius 1 is 0.636 bits per heavy atom. The molecule has 1 aliphatic rings. The molecular formula is C55H61N17O5. The quantitative estimate of drug-likeness (QED) is 0.0574. The molecule has 0 radical (unpaired) electrons. The van der Waals surface area contributed by atoms with E-state index < -0.39 is 23.8 Å². The maximum Gasteiger partial charge on any atom is 0.252 e. The number of ether oxygens (including phenoxy) is 1. The fraction of sp³-hybridized carbons (Fsp3) is 0.218. The Morgan fingerprint density at radius 2 is 1.10 bits per heavy atom. The van der Waals surface area contributed by atoms with Gasteiger partial charge in [-0.15, -0.1) is 0 Å². The fourth-order valence-electron chi connectivity index (χ4n) is 10.3. The lowest BCUT2D eigenvalue weighted by Crippen LogP contribution is -2.26. The van der Waals surface area contributed by atoms with Gasteiger partial charge in [0.1, 0.15) is 34.4 Å². The lowest BCUT2D eigenvalue weighted by Gasteiger charge is -2.19. The summed E-state index contributed by atoms with van der Waals surface area (Å²) in [5.41, 5.74) is 63.6. The van der Waals surface area contributed by atoms with Gasteiger partial charge >= 0.3 is 0 Å². The van der Waals surface area contributed by atoms with E-state index in [1.54, 1.807) is 18.2 Å². The van der Waals surface area contributed by atoms with Gasteiger partial charge < -0.3 is 80.9 Å². The number of guanidine groups is 1. The number of nitrogen functional groups attached to an aromatic ring is 3. The van der Waals surface area contributed by atoms with Crippen molar-refractivity contribution in [3.63, 3.8) is 0 Å². The number of anilines is 3. The van der Waals surface area contributed by atoms with Gasteiger partial charge in [0.2, 0.25) is 0 Å². The maximum absolute atomic E-state index is 11.7. The predicted molar refractivity (Wildman–Crippen MR) is 302 cm³/mol. The first kappa shape index (κ1) is 52.5. The van der Waals surface area contributed by atoms with Crippen LogP contribution in [0.3, 0.4) is 0 Å². The second kappa shape index (κ2) is 21.9. The third kappa shape index (κ3) is 10.4. The monoisotopic (exact) mass is 1040 g/mol. The molecule has 396 valence electrons. The molecule has 4 aromatic carbocycles. The topological polar surface area (TPSA) is 407 Å². The van der Waals surface area contributed by atoms with E-state index in [4.69, 9.17) is 62.1 Å². The van der Waals surface area contributed by atoms with E-state index in [1.165, 1.54) is 0 Å². The number of rotatable bonds is 13. The molecule has 3 amide bonds. The molecular weight excluding hydrogens is 979 g/mol. The number of pyridine rings is 3. The highest BCUT2D eigenvalue weighted by Crippen LogP contribution is 2.39. The minimum atomic E-state index is -0.610. The third-order valence-electron chi connectivity index (χ3n) is 13.7. The number of carbonyl (C=O) groups is 3. The van der Waals surface area contributed by atoms with Gasteiger partial charge in [0, 0.05) is 51.4 Å². The molecule has 0 aliphatic heterocycles. The number of nitrogens with two attached hydrogens (primary N) is 10. The van der Waals surface area contributed by atoms with E-state index in [2.05, 4.69) is 19.9 Å². The van der Waals surface area contributed by atoms with Gasteiger partial charge in [-0.05, 0) is 61.7 Å². The molecule has 0 spiro atoms. The van der Waals surface area contributed by atoms with Crippen LogP contribution in [0.5, 0.6) is 0 Å². The van der Waals surface area contributed by atoms with Crippen LogP contribution in [0.15, 0.2) is 126 Å². The Labute approximate surface area is 440 Å². The molecule has 77 heavy (non-hydrogen) atoms. The van der Waals surface area contributed by atoms with Crippen LogP contribution in [0.1, 0.15) is 68.5 Å². The molecule has 22 heteroatoms. The number of aliphatic hydroxyl groups is 1. The summed E-state index contributed by atoms with van der Waals surface area (Å²) in [7, 11) is 0. The largest absolute Gasteiger partial charge is 0.391 e. The molecule has 6 heterocycles. The average Bonchev–Trinajstić information content (AvgIpc) is 4.16. The van der Waals surface area contributed by atoms with Crippen LogP contribution >= 0.6 is 0 Å². The van der Waals surface area contributed by atoms with Crippen LogP contribution in [-0.4, -0.2) is 88.8 Å². The van der Waals surface area contributed by atoms with Crippen LogP contribution in [0.4, 0.5) is 17.5 Å². The summed E-state index contributed by atoms with van der Waals surface area (Å²) >= 11 is 0. The Hall–Kier alpha value is -9.35. The van der Waals surface area contributed by atoms with Crippen LogP contribution in [0.25, 0.3) is 65.8 Å². The number of primary amides is 3. The van der Waals surface area contributed by atoms with E-state index >= 15 is 0 Å². The first-order valence-electron chi connectivity index (χ1n) is 24.7. The Morgan fingerprint density at radius 3 is 1.64 bits per heavy atom. The average molecular weight is 1040 g/mol. The Balaban J connectivity index is 0.000000142. The van der Waals surface area contributed by atoms with Gasteiger partial charge in [-0.2, -0.15) is 0 Å². The van der Waals surface area contributed by atoms with Crippen molar-refractivity contribution in [1.82, 2.24) is 28.7 Å². The van der Waals surface area contributed by atoms with E-state index in [1.807, 2.05) is 124 Å². The molecule has 11 rings (SSSR count). The van der Waals surface area contributed by atoms with Crippen LogP contribution < -0.4 is 57.3 Å². The number of benzene rings is 4. The second-order valence-electron chi connectivity index (χ2n) is 19.0. The number of amides is 3. The molecule has 4 unspecified atom stereocenters. The smallest absolute Gasteiger partial charge is 0.252 e. The molecule has 6 aromatic heterocycles. The number of carbonyl (C=O) groups excluding carboxylic acids is 3. The van der Waals surface area contributed by atoms with Crippen molar-refractivity contribution in [3.05, 3.63) is 144 Å². The number of aliphatic imine (C=N–C) groups is 1.